The van der Waals surface area contributed by atoms with Gasteiger partial charge in [0.25, 0.3) is 0 Å². The molecule has 182 valence electrons. The lowest BCUT2D eigenvalue weighted by Gasteiger charge is -2.32. The van der Waals surface area contributed by atoms with Crippen molar-refractivity contribution in [1.82, 2.24) is 28.6 Å². The molecule has 2 fully saturated rings. The van der Waals surface area contributed by atoms with Crippen LogP contribution in [0.15, 0.2) is 30.9 Å². The number of pyridine rings is 1. The molecule has 2 aliphatic rings. The van der Waals surface area contributed by atoms with Gasteiger partial charge in [-0.1, -0.05) is 0 Å². The second-order valence-corrected chi connectivity index (χ2v) is 10.5. The number of rotatable bonds is 6. The fourth-order valence-electron chi connectivity index (χ4n) is 4.35. The molecule has 2 aliphatic heterocycles. The van der Waals surface area contributed by atoms with Gasteiger partial charge in [-0.3, -0.25) is 9.88 Å². The van der Waals surface area contributed by atoms with Crippen molar-refractivity contribution in [2.45, 2.75) is 6.54 Å². The highest BCUT2D eigenvalue weighted by Crippen LogP contribution is 2.27. The Kier molecular flexibility index (Phi) is 6.38. The summed E-state index contributed by atoms with van der Waals surface area (Å²) in [6.45, 7) is 5.80. The second-order valence-electron chi connectivity index (χ2n) is 8.56. The first-order chi connectivity index (χ1) is 16.4. The molecule has 0 N–H and O–H groups in total. The SMILES string of the molecule is COc1cncc(-c2cn3cc(CN4CCN(S(C)(=O)=O)CC4)nc3c(N3CCOCC3)n2)c1. The first-order valence-electron chi connectivity index (χ1n) is 11.3. The third-order valence-corrected chi connectivity index (χ3v) is 7.51. The summed E-state index contributed by atoms with van der Waals surface area (Å²) in [4.78, 5) is 18.6. The molecule has 0 amide bonds. The van der Waals surface area contributed by atoms with Crippen LogP contribution in [0.5, 0.6) is 5.75 Å². The smallest absolute Gasteiger partial charge is 0.211 e. The molecule has 3 aromatic rings. The molecule has 12 heteroatoms. The third-order valence-electron chi connectivity index (χ3n) is 6.21. The van der Waals surface area contributed by atoms with Crippen molar-refractivity contribution in [1.29, 1.82) is 0 Å². The monoisotopic (exact) mass is 487 g/mol. The van der Waals surface area contributed by atoms with Crippen LogP contribution in [-0.2, 0) is 21.3 Å². The first-order valence-corrected chi connectivity index (χ1v) is 13.1. The maximum atomic E-state index is 11.8. The van der Waals surface area contributed by atoms with Gasteiger partial charge in [0.1, 0.15) is 5.75 Å². The Morgan fingerprint density at radius 2 is 1.79 bits per heavy atom. The first kappa shape index (κ1) is 23.0. The number of methoxy groups -OCH3 is 1. The van der Waals surface area contributed by atoms with Crippen LogP contribution in [0.4, 0.5) is 5.82 Å². The number of hydrogen-bond donors (Lipinski definition) is 0. The molecule has 0 saturated carbocycles. The Balaban J connectivity index is 1.46. The lowest BCUT2D eigenvalue weighted by Crippen LogP contribution is -2.47. The predicted molar refractivity (Wildman–Crippen MR) is 127 cm³/mol. The van der Waals surface area contributed by atoms with E-state index in [1.807, 2.05) is 22.9 Å². The van der Waals surface area contributed by atoms with Gasteiger partial charge >= 0.3 is 0 Å². The Hall–Kier alpha value is -2.80. The zero-order valence-electron chi connectivity index (χ0n) is 19.4. The molecule has 34 heavy (non-hydrogen) atoms. The highest BCUT2D eigenvalue weighted by atomic mass is 32.2. The maximum absolute atomic E-state index is 11.8. The molecule has 0 aromatic carbocycles. The van der Waals surface area contributed by atoms with E-state index in [0.717, 1.165) is 41.5 Å². The molecule has 2 saturated heterocycles. The number of anilines is 1. The Morgan fingerprint density at radius 1 is 1.03 bits per heavy atom. The maximum Gasteiger partial charge on any atom is 0.211 e. The van der Waals surface area contributed by atoms with Gasteiger partial charge in [0.05, 0.1) is 44.2 Å². The summed E-state index contributed by atoms with van der Waals surface area (Å²) in [5, 5.41) is 0. The summed E-state index contributed by atoms with van der Waals surface area (Å²) in [5.74, 6) is 1.49. The van der Waals surface area contributed by atoms with Crippen LogP contribution in [0, 0.1) is 0 Å². The average molecular weight is 488 g/mol. The summed E-state index contributed by atoms with van der Waals surface area (Å²) in [6, 6.07) is 1.92. The molecule has 0 aliphatic carbocycles. The van der Waals surface area contributed by atoms with Crippen molar-refractivity contribution in [3.05, 3.63) is 36.5 Å². The van der Waals surface area contributed by atoms with E-state index in [1.165, 1.54) is 10.6 Å². The largest absolute Gasteiger partial charge is 0.495 e. The number of morpholine rings is 1. The van der Waals surface area contributed by atoms with Gasteiger partial charge in [-0.25, -0.2) is 18.4 Å². The van der Waals surface area contributed by atoms with Gasteiger partial charge in [-0.2, -0.15) is 4.31 Å². The average Bonchev–Trinajstić information content (AvgIpc) is 3.26. The molecule has 5 rings (SSSR count). The highest BCUT2D eigenvalue weighted by molar-refractivity contribution is 7.88. The molecule has 0 atom stereocenters. The lowest BCUT2D eigenvalue weighted by molar-refractivity contribution is 0.122. The quantitative estimate of drug-likeness (QED) is 0.497. The standard InChI is InChI=1S/C22H29N7O4S/c1-32-19-11-17(12-23-13-19)20-16-28-15-18(14-26-3-5-29(6-4-26)34(2,30)31)24-21(28)22(25-20)27-7-9-33-10-8-27/h11-13,15-16H,3-10,14H2,1-2H3. The van der Waals surface area contributed by atoms with E-state index in [9.17, 15) is 8.42 Å². The van der Waals surface area contributed by atoms with Crippen LogP contribution in [0.3, 0.4) is 0 Å². The van der Waals surface area contributed by atoms with Gasteiger partial charge in [0.2, 0.25) is 10.0 Å². The zero-order chi connectivity index (χ0) is 23.7. The summed E-state index contributed by atoms with van der Waals surface area (Å²) in [5.41, 5.74) is 3.37. The van der Waals surface area contributed by atoms with Gasteiger partial charge in [-0.05, 0) is 6.07 Å². The summed E-state index contributed by atoms with van der Waals surface area (Å²) in [7, 11) is -1.53. The Bertz CT molecular complexity index is 1270. The third kappa shape index (κ3) is 4.85. The van der Waals surface area contributed by atoms with Crippen LogP contribution in [0.2, 0.25) is 0 Å². The number of nitrogens with zero attached hydrogens (tertiary/aromatic N) is 7. The number of piperazine rings is 1. The molecule has 0 radical (unpaired) electrons. The summed E-state index contributed by atoms with van der Waals surface area (Å²) >= 11 is 0. The highest BCUT2D eigenvalue weighted by Gasteiger charge is 2.25. The number of fused-ring (bicyclic) bond motifs is 1. The van der Waals surface area contributed by atoms with Gasteiger partial charge in [0.15, 0.2) is 11.5 Å². The predicted octanol–water partition coefficient (Wildman–Crippen LogP) is 0.714. The van der Waals surface area contributed by atoms with Crippen LogP contribution in [-0.4, -0.2) is 103 Å². The Morgan fingerprint density at radius 3 is 2.50 bits per heavy atom. The van der Waals surface area contributed by atoms with Crippen LogP contribution < -0.4 is 9.64 Å². The fourth-order valence-corrected chi connectivity index (χ4v) is 5.18. The molecule has 11 nitrogen and oxygen atoms in total. The molecule has 0 bridgehead atoms. The molecule has 0 spiro atoms. The number of hydrogen-bond acceptors (Lipinski definition) is 9. The molecule has 0 unspecified atom stereocenters. The van der Waals surface area contributed by atoms with Gasteiger partial charge in [-0.15, -0.1) is 0 Å². The van der Waals surface area contributed by atoms with Crippen LogP contribution in [0.1, 0.15) is 5.69 Å². The van der Waals surface area contributed by atoms with Crippen molar-refractivity contribution in [2.24, 2.45) is 0 Å². The minimum Gasteiger partial charge on any atom is -0.495 e. The van der Waals surface area contributed by atoms with Crippen LogP contribution >= 0.6 is 0 Å². The normalized spacial score (nSPS) is 18.5. The fraction of sp³-hybridized carbons (Fsp3) is 0.500. The van der Waals surface area contributed by atoms with Crippen LogP contribution in [0.25, 0.3) is 16.9 Å². The van der Waals surface area contributed by atoms with E-state index in [1.54, 1.807) is 19.5 Å². The Labute approximate surface area is 199 Å². The van der Waals surface area contributed by atoms with E-state index in [-0.39, 0.29) is 0 Å². The lowest BCUT2D eigenvalue weighted by atomic mass is 10.2. The zero-order valence-corrected chi connectivity index (χ0v) is 20.2. The van der Waals surface area contributed by atoms with Gasteiger partial charge < -0.3 is 18.8 Å². The molecule has 3 aromatic heterocycles. The second kappa shape index (κ2) is 9.45. The minimum atomic E-state index is -3.15. The van der Waals surface area contributed by atoms with Crippen molar-refractivity contribution < 1.29 is 17.9 Å². The number of ether oxygens (including phenoxy) is 2. The van der Waals surface area contributed by atoms with E-state index < -0.39 is 10.0 Å². The minimum absolute atomic E-state index is 0.500. The summed E-state index contributed by atoms with van der Waals surface area (Å²) < 4.78 is 38.0. The van der Waals surface area contributed by atoms with E-state index >= 15 is 0 Å². The summed E-state index contributed by atoms with van der Waals surface area (Å²) in [6.07, 6.45) is 8.71. The van der Waals surface area contributed by atoms with Crippen molar-refractivity contribution >= 4 is 21.5 Å². The van der Waals surface area contributed by atoms with E-state index in [2.05, 4.69) is 14.8 Å². The van der Waals surface area contributed by atoms with Gasteiger partial charge in [0, 0.05) is 70.0 Å². The number of sulfonamides is 1. The van der Waals surface area contributed by atoms with E-state index in [0.29, 0.717) is 51.7 Å². The van der Waals surface area contributed by atoms with Crippen molar-refractivity contribution in [2.75, 3.05) is 70.7 Å². The molecule has 5 heterocycles. The number of aromatic nitrogens is 4. The molecular weight excluding hydrogens is 458 g/mol. The van der Waals surface area contributed by atoms with Crippen molar-refractivity contribution in [3.63, 3.8) is 0 Å². The number of imidazole rings is 1. The topological polar surface area (TPSA) is 105 Å². The van der Waals surface area contributed by atoms with E-state index in [4.69, 9.17) is 19.4 Å². The van der Waals surface area contributed by atoms with Crippen molar-refractivity contribution in [3.8, 4) is 17.0 Å². The molecular formula is C22H29N7O4S.